The lowest BCUT2D eigenvalue weighted by atomic mass is 10.2. The quantitative estimate of drug-likeness (QED) is 0.745. The van der Waals surface area contributed by atoms with E-state index >= 15 is 0 Å². The molecule has 0 spiro atoms. The van der Waals surface area contributed by atoms with Crippen molar-refractivity contribution < 1.29 is 9.53 Å². The molecule has 4 rings (SSSR count). The smallest absolute Gasteiger partial charge is 0.228 e. The molecule has 144 valence electrons. The fraction of sp³-hybridized carbons (Fsp3) is 0.556. The second-order valence-corrected chi connectivity index (χ2v) is 7.66. The van der Waals surface area contributed by atoms with Crippen LogP contribution in [0, 0.1) is 0 Å². The topological polar surface area (TPSA) is 74.7 Å². The summed E-state index contributed by atoms with van der Waals surface area (Å²) in [6.07, 6.45) is 3.87. The van der Waals surface area contributed by atoms with Crippen LogP contribution in [-0.4, -0.2) is 83.1 Å². The number of thiazole rings is 1. The summed E-state index contributed by atoms with van der Waals surface area (Å²) < 4.78 is 5.38. The summed E-state index contributed by atoms with van der Waals surface area (Å²) >= 11 is 1.64. The molecule has 2 aliphatic heterocycles. The van der Waals surface area contributed by atoms with E-state index in [1.807, 2.05) is 16.3 Å². The number of piperazine rings is 1. The molecular formula is C18H24N6O2S. The van der Waals surface area contributed by atoms with Gasteiger partial charge >= 0.3 is 0 Å². The first kappa shape index (κ1) is 18.3. The van der Waals surface area contributed by atoms with Gasteiger partial charge in [-0.25, -0.2) is 15.0 Å². The van der Waals surface area contributed by atoms with E-state index in [4.69, 9.17) is 4.74 Å². The van der Waals surface area contributed by atoms with Gasteiger partial charge in [-0.05, 0) is 6.07 Å². The predicted molar refractivity (Wildman–Crippen MR) is 103 cm³/mol. The van der Waals surface area contributed by atoms with Crippen LogP contribution in [0.25, 0.3) is 0 Å². The van der Waals surface area contributed by atoms with Gasteiger partial charge in [-0.3, -0.25) is 9.69 Å². The van der Waals surface area contributed by atoms with E-state index in [0.717, 1.165) is 62.6 Å². The van der Waals surface area contributed by atoms with Crippen LogP contribution in [0.15, 0.2) is 23.8 Å². The molecule has 2 aliphatic rings. The van der Waals surface area contributed by atoms with E-state index in [1.54, 1.807) is 23.7 Å². The molecule has 0 radical (unpaired) electrons. The van der Waals surface area contributed by atoms with Gasteiger partial charge in [-0.15, -0.1) is 11.3 Å². The Hall–Kier alpha value is -2.10. The Bertz CT molecular complexity index is 741. The lowest BCUT2D eigenvalue weighted by Gasteiger charge is -2.34. The largest absolute Gasteiger partial charge is 0.379 e. The highest BCUT2D eigenvalue weighted by atomic mass is 32.1. The summed E-state index contributed by atoms with van der Waals surface area (Å²) in [4.78, 5) is 32.2. The van der Waals surface area contributed by atoms with Crippen LogP contribution < -0.4 is 4.90 Å². The molecule has 2 fully saturated rings. The number of aromatic nitrogens is 3. The number of rotatable bonds is 5. The van der Waals surface area contributed by atoms with E-state index in [-0.39, 0.29) is 5.91 Å². The van der Waals surface area contributed by atoms with Crippen molar-refractivity contribution in [3.05, 3.63) is 34.5 Å². The van der Waals surface area contributed by atoms with Crippen molar-refractivity contribution >= 4 is 23.2 Å². The zero-order chi connectivity index (χ0) is 18.5. The Labute approximate surface area is 162 Å². The number of amides is 1. The van der Waals surface area contributed by atoms with Gasteiger partial charge in [0, 0.05) is 57.0 Å². The van der Waals surface area contributed by atoms with Crippen LogP contribution in [0.5, 0.6) is 0 Å². The molecule has 0 bridgehead atoms. The van der Waals surface area contributed by atoms with Gasteiger partial charge in [-0.2, -0.15) is 0 Å². The summed E-state index contributed by atoms with van der Waals surface area (Å²) in [7, 11) is 0. The Morgan fingerprint density at radius 2 is 1.81 bits per heavy atom. The molecule has 9 heteroatoms. The second-order valence-electron chi connectivity index (χ2n) is 6.71. The van der Waals surface area contributed by atoms with Gasteiger partial charge in [0.05, 0.1) is 31.9 Å². The minimum absolute atomic E-state index is 0.145. The first-order valence-electron chi connectivity index (χ1n) is 9.31. The van der Waals surface area contributed by atoms with E-state index in [2.05, 4.69) is 24.8 Å². The zero-order valence-corrected chi connectivity index (χ0v) is 16.1. The number of carbonyl (C=O) groups excluding carboxylic acids is 1. The first-order valence-corrected chi connectivity index (χ1v) is 10.2. The molecule has 2 saturated heterocycles. The molecule has 1 amide bonds. The minimum atomic E-state index is 0.145. The molecule has 27 heavy (non-hydrogen) atoms. The van der Waals surface area contributed by atoms with Crippen molar-refractivity contribution in [2.45, 2.75) is 13.0 Å². The van der Waals surface area contributed by atoms with Crippen LogP contribution in [0.1, 0.15) is 10.7 Å². The molecule has 0 saturated carbocycles. The van der Waals surface area contributed by atoms with E-state index in [9.17, 15) is 4.79 Å². The van der Waals surface area contributed by atoms with Gasteiger partial charge < -0.3 is 14.5 Å². The van der Waals surface area contributed by atoms with Crippen molar-refractivity contribution in [1.29, 1.82) is 0 Å². The molecule has 0 unspecified atom stereocenters. The molecule has 8 nitrogen and oxygen atoms in total. The van der Waals surface area contributed by atoms with Gasteiger partial charge in [0.25, 0.3) is 0 Å². The van der Waals surface area contributed by atoms with E-state index in [0.29, 0.717) is 19.5 Å². The average Bonchev–Trinajstić information content (AvgIpc) is 3.16. The Balaban J connectivity index is 1.26. The number of carbonyl (C=O) groups is 1. The summed E-state index contributed by atoms with van der Waals surface area (Å²) in [5.74, 6) is 0.878. The number of nitrogens with zero attached hydrogens (tertiary/aromatic N) is 6. The highest BCUT2D eigenvalue weighted by Crippen LogP contribution is 2.16. The van der Waals surface area contributed by atoms with Crippen LogP contribution >= 0.6 is 11.3 Å². The predicted octanol–water partition coefficient (Wildman–Crippen LogP) is 0.657. The molecule has 2 aromatic heterocycles. The molecule has 4 heterocycles. The van der Waals surface area contributed by atoms with E-state index < -0.39 is 0 Å². The molecule has 0 N–H and O–H groups in total. The summed E-state index contributed by atoms with van der Waals surface area (Å²) in [5, 5.41) is 3.09. The highest BCUT2D eigenvalue weighted by molar-refractivity contribution is 7.09. The Kier molecular flexibility index (Phi) is 5.90. The van der Waals surface area contributed by atoms with Gasteiger partial charge in [0.2, 0.25) is 11.9 Å². The SMILES string of the molecule is O=C(Cc1csc(CN2CCOCC2)n1)N1CCN(c2ncccn2)CC1. The van der Waals surface area contributed by atoms with Crippen LogP contribution in [0.2, 0.25) is 0 Å². The number of anilines is 1. The third-order valence-electron chi connectivity index (χ3n) is 4.86. The van der Waals surface area contributed by atoms with Crippen molar-refractivity contribution in [2.24, 2.45) is 0 Å². The maximum atomic E-state index is 12.6. The maximum Gasteiger partial charge on any atom is 0.228 e. The Morgan fingerprint density at radius 3 is 2.56 bits per heavy atom. The van der Waals surface area contributed by atoms with Crippen molar-refractivity contribution in [1.82, 2.24) is 24.8 Å². The van der Waals surface area contributed by atoms with Gasteiger partial charge in [0.1, 0.15) is 5.01 Å². The lowest BCUT2D eigenvalue weighted by molar-refractivity contribution is -0.130. The number of hydrogen-bond donors (Lipinski definition) is 0. The summed E-state index contributed by atoms with van der Waals surface area (Å²) in [6, 6.07) is 1.81. The standard InChI is InChI=1S/C18H24N6O2S/c25-17(23-4-6-24(7-5-23)18-19-2-1-3-20-18)12-15-14-27-16(21-15)13-22-8-10-26-11-9-22/h1-3,14H,4-13H2. The number of morpholine rings is 1. The molecule has 0 aromatic carbocycles. The molecule has 2 aromatic rings. The summed E-state index contributed by atoms with van der Waals surface area (Å²) in [5.41, 5.74) is 0.877. The van der Waals surface area contributed by atoms with Crippen LogP contribution in [-0.2, 0) is 22.5 Å². The fourth-order valence-electron chi connectivity index (χ4n) is 3.33. The van der Waals surface area contributed by atoms with Crippen LogP contribution in [0.4, 0.5) is 5.95 Å². The second kappa shape index (κ2) is 8.73. The Morgan fingerprint density at radius 1 is 1.07 bits per heavy atom. The number of hydrogen-bond acceptors (Lipinski definition) is 8. The highest BCUT2D eigenvalue weighted by Gasteiger charge is 2.23. The fourth-order valence-corrected chi connectivity index (χ4v) is 4.17. The van der Waals surface area contributed by atoms with Crippen LogP contribution in [0.3, 0.4) is 0 Å². The maximum absolute atomic E-state index is 12.6. The van der Waals surface area contributed by atoms with Gasteiger partial charge in [0.15, 0.2) is 0 Å². The average molecular weight is 388 g/mol. The minimum Gasteiger partial charge on any atom is -0.379 e. The van der Waals surface area contributed by atoms with Crippen molar-refractivity contribution in [3.8, 4) is 0 Å². The lowest BCUT2D eigenvalue weighted by Crippen LogP contribution is -2.49. The van der Waals surface area contributed by atoms with Crippen molar-refractivity contribution in [2.75, 3.05) is 57.4 Å². The molecular weight excluding hydrogens is 364 g/mol. The van der Waals surface area contributed by atoms with Crippen molar-refractivity contribution in [3.63, 3.8) is 0 Å². The normalized spacial score (nSPS) is 18.7. The van der Waals surface area contributed by atoms with E-state index in [1.165, 1.54) is 0 Å². The van der Waals surface area contributed by atoms with Gasteiger partial charge in [-0.1, -0.05) is 0 Å². The molecule has 0 aliphatic carbocycles. The third-order valence-corrected chi connectivity index (χ3v) is 5.74. The molecule has 0 atom stereocenters. The third kappa shape index (κ3) is 4.79. The zero-order valence-electron chi connectivity index (χ0n) is 15.3. The summed E-state index contributed by atoms with van der Waals surface area (Å²) in [6.45, 7) is 7.23. The monoisotopic (exact) mass is 388 g/mol. The number of ether oxygens (including phenoxy) is 1. The first-order chi connectivity index (χ1) is 13.3.